The molecule has 6 nitrogen and oxygen atoms in total. The third kappa shape index (κ3) is 6.66. The maximum atomic E-state index is 12.2. The summed E-state index contributed by atoms with van der Waals surface area (Å²) < 4.78 is 26.8. The van der Waals surface area contributed by atoms with Crippen molar-refractivity contribution in [3.8, 4) is 0 Å². The van der Waals surface area contributed by atoms with E-state index in [4.69, 9.17) is 5.73 Å². The summed E-state index contributed by atoms with van der Waals surface area (Å²) in [4.78, 5) is 0. The Morgan fingerprint density at radius 2 is 1.83 bits per heavy atom. The van der Waals surface area contributed by atoms with Gasteiger partial charge in [-0.2, -0.15) is 0 Å². The number of unbranched alkanes of at least 4 members (excludes halogenated alkanes) is 1. The molecule has 23 heavy (non-hydrogen) atoms. The number of sulfonamides is 1. The Balaban J connectivity index is 2.53. The molecule has 0 radical (unpaired) electrons. The first-order valence-electron chi connectivity index (χ1n) is 8.89. The van der Waals surface area contributed by atoms with Crippen molar-refractivity contribution < 1.29 is 18.6 Å². The zero-order valence-corrected chi connectivity index (χ0v) is 15.3. The highest BCUT2D eigenvalue weighted by Gasteiger charge is 2.35. The van der Waals surface area contributed by atoms with Gasteiger partial charge in [0.1, 0.15) is 5.25 Å². The topological polar surface area (TPSA) is 113 Å². The second kappa shape index (κ2) is 9.93. The summed E-state index contributed by atoms with van der Waals surface area (Å²) in [5.41, 5.74) is 5.94. The molecular formula is C16H34N2O4S. The lowest BCUT2D eigenvalue weighted by molar-refractivity contribution is 0.0378. The van der Waals surface area contributed by atoms with Crippen molar-refractivity contribution in [2.45, 2.75) is 88.7 Å². The van der Waals surface area contributed by atoms with E-state index in [-0.39, 0.29) is 0 Å². The molecule has 138 valence electrons. The number of aliphatic hydroxyl groups excluding tert-OH is 2. The second-order valence-electron chi connectivity index (χ2n) is 6.87. The Kier molecular flexibility index (Phi) is 9.00. The van der Waals surface area contributed by atoms with Crippen LogP contribution in [0.25, 0.3) is 0 Å². The standard InChI is InChI=1S/C16H34N2O4S/c1-3-4-10-18-23(21,22)12(2)16(20)15(17)14(19)11-13-8-6-5-7-9-13/h12-16,18-20H,3-11,17H2,1-2H3/t12?,14-,15?,16?/m1/s1. The first-order valence-corrected chi connectivity index (χ1v) is 10.4. The van der Waals surface area contributed by atoms with Crippen LogP contribution in [-0.2, 0) is 10.0 Å². The molecule has 0 aromatic carbocycles. The summed E-state index contributed by atoms with van der Waals surface area (Å²) in [6, 6.07) is -0.949. The first kappa shape index (κ1) is 20.8. The van der Waals surface area contributed by atoms with Crippen molar-refractivity contribution in [2.75, 3.05) is 6.54 Å². The molecule has 0 bridgehead atoms. The molecule has 0 amide bonds. The summed E-state index contributed by atoms with van der Waals surface area (Å²) in [7, 11) is -3.63. The van der Waals surface area contributed by atoms with Gasteiger partial charge in [0, 0.05) is 6.54 Å². The normalized spacial score (nSPS) is 22.5. The van der Waals surface area contributed by atoms with Crippen LogP contribution in [0.15, 0.2) is 0 Å². The third-order valence-corrected chi connectivity index (χ3v) is 6.81. The van der Waals surface area contributed by atoms with E-state index in [1.165, 1.54) is 26.2 Å². The largest absolute Gasteiger partial charge is 0.391 e. The van der Waals surface area contributed by atoms with Crippen molar-refractivity contribution in [1.29, 1.82) is 0 Å². The lowest BCUT2D eigenvalue weighted by Crippen LogP contribution is -2.53. The van der Waals surface area contributed by atoms with Gasteiger partial charge < -0.3 is 15.9 Å². The predicted molar refractivity (Wildman–Crippen MR) is 92.5 cm³/mol. The second-order valence-corrected chi connectivity index (χ2v) is 9.00. The summed E-state index contributed by atoms with van der Waals surface area (Å²) in [6.45, 7) is 3.77. The molecule has 0 aromatic heterocycles. The molecule has 1 rings (SSSR count). The van der Waals surface area contributed by atoms with Gasteiger partial charge in [0.15, 0.2) is 0 Å². The Morgan fingerprint density at radius 3 is 2.39 bits per heavy atom. The Labute approximate surface area is 140 Å². The third-order valence-electron chi connectivity index (χ3n) is 4.94. The zero-order valence-electron chi connectivity index (χ0n) is 14.4. The molecule has 5 N–H and O–H groups in total. The minimum absolute atomic E-state index is 0.357. The minimum Gasteiger partial charge on any atom is -0.391 e. The molecule has 0 spiro atoms. The van der Waals surface area contributed by atoms with Crippen molar-refractivity contribution in [2.24, 2.45) is 11.7 Å². The van der Waals surface area contributed by atoms with Crippen molar-refractivity contribution in [3.63, 3.8) is 0 Å². The summed E-state index contributed by atoms with van der Waals surface area (Å²) in [5.74, 6) is 0.423. The quantitative estimate of drug-likeness (QED) is 0.441. The molecule has 0 aromatic rings. The highest BCUT2D eigenvalue weighted by Crippen LogP contribution is 2.28. The van der Waals surface area contributed by atoms with Crippen molar-refractivity contribution >= 4 is 10.0 Å². The summed E-state index contributed by atoms with van der Waals surface area (Å²) in [5, 5.41) is 19.5. The van der Waals surface area contributed by atoms with E-state index in [0.717, 1.165) is 25.7 Å². The molecule has 4 atom stereocenters. The molecule has 0 saturated heterocycles. The number of nitrogens with one attached hydrogen (secondary N) is 1. The van der Waals surface area contributed by atoms with E-state index in [2.05, 4.69) is 4.72 Å². The predicted octanol–water partition coefficient (Wildman–Crippen LogP) is 1.11. The van der Waals surface area contributed by atoms with Crippen LogP contribution in [-0.4, -0.2) is 48.7 Å². The van der Waals surface area contributed by atoms with E-state index in [1.54, 1.807) is 0 Å². The van der Waals surface area contributed by atoms with Crippen LogP contribution >= 0.6 is 0 Å². The SMILES string of the molecule is CCCCNS(=O)(=O)C(C)C(O)C(N)[C@H](O)CC1CCCCC1. The van der Waals surface area contributed by atoms with Crippen molar-refractivity contribution in [3.05, 3.63) is 0 Å². The average Bonchev–Trinajstić information content (AvgIpc) is 2.53. The fourth-order valence-corrected chi connectivity index (χ4v) is 4.41. The number of rotatable bonds is 10. The van der Waals surface area contributed by atoms with E-state index < -0.39 is 33.5 Å². The lowest BCUT2D eigenvalue weighted by Gasteiger charge is -2.31. The monoisotopic (exact) mass is 350 g/mol. The van der Waals surface area contributed by atoms with Crippen LogP contribution in [0.4, 0.5) is 0 Å². The van der Waals surface area contributed by atoms with Crippen molar-refractivity contribution in [1.82, 2.24) is 4.72 Å². The highest BCUT2D eigenvalue weighted by molar-refractivity contribution is 7.90. The molecule has 1 aliphatic rings. The van der Waals surface area contributed by atoms with E-state index in [1.807, 2.05) is 6.92 Å². The van der Waals surface area contributed by atoms with E-state index in [9.17, 15) is 18.6 Å². The van der Waals surface area contributed by atoms with Gasteiger partial charge in [0.05, 0.1) is 18.2 Å². The Bertz CT molecular complexity index is 424. The van der Waals surface area contributed by atoms with Crippen LogP contribution in [0.3, 0.4) is 0 Å². The number of aliphatic hydroxyl groups is 2. The van der Waals surface area contributed by atoms with Crippen LogP contribution in [0.5, 0.6) is 0 Å². The fourth-order valence-electron chi connectivity index (χ4n) is 3.17. The van der Waals surface area contributed by atoms with Gasteiger partial charge >= 0.3 is 0 Å². The molecule has 1 aliphatic carbocycles. The van der Waals surface area contributed by atoms with Gasteiger partial charge in [0.2, 0.25) is 10.0 Å². The van der Waals surface area contributed by atoms with Gasteiger partial charge in [-0.15, -0.1) is 0 Å². The molecular weight excluding hydrogens is 316 g/mol. The summed E-state index contributed by atoms with van der Waals surface area (Å²) >= 11 is 0. The van der Waals surface area contributed by atoms with Crippen LogP contribution in [0.2, 0.25) is 0 Å². The molecule has 0 heterocycles. The van der Waals surface area contributed by atoms with Crippen LogP contribution < -0.4 is 10.5 Å². The lowest BCUT2D eigenvalue weighted by atomic mass is 9.83. The molecule has 7 heteroatoms. The average molecular weight is 351 g/mol. The zero-order chi connectivity index (χ0) is 17.5. The van der Waals surface area contributed by atoms with Crippen LogP contribution in [0, 0.1) is 5.92 Å². The van der Waals surface area contributed by atoms with E-state index in [0.29, 0.717) is 18.9 Å². The van der Waals surface area contributed by atoms with E-state index >= 15 is 0 Å². The summed E-state index contributed by atoms with van der Waals surface area (Å²) in [6.07, 6.45) is 5.74. The highest BCUT2D eigenvalue weighted by atomic mass is 32.2. The number of nitrogens with two attached hydrogens (primary N) is 1. The number of hydrogen-bond donors (Lipinski definition) is 4. The molecule has 1 fully saturated rings. The van der Waals surface area contributed by atoms with Gasteiger partial charge in [0.25, 0.3) is 0 Å². The molecule has 1 saturated carbocycles. The molecule has 3 unspecified atom stereocenters. The van der Waals surface area contributed by atoms with Gasteiger partial charge in [-0.1, -0.05) is 45.4 Å². The van der Waals surface area contributed by atoms with Crippen LogP contribution in [0.1, 0.15) is 65.2 Å². The minimum atomic E-state index is -3.63. The Morgan fingerprint density at radius 1 is 1.22 bits per heavy atom. The first-order chi connectivity index (χ1) is 10.8. The number of hydrogen-bond acceptors (Lipinski definition) is 5. The maximum absolute atomic E-state index is 12.2. The Hall–Kier alpha value is -0.210. The smallest absolute Gasteiger partial charge is 0.216 e. The van der Waals surface area contributed by atoms with Gasteiger partial charge in [-0.05, 0) is 25.7 Å². The maximum Gasteiger partial charge on any atom is 0.216 e. The van der Waals surface area contributed by atoms with Gasteiger partial charge in [-0.25, -0.2) is 13.1 Å². The fraction of sp³-hybridized carbons (Fsp3) is 1.00. The van der Waals surface area contributed by atoms with Gasteiger partial charge in [-0.3, -0.25) is 0 Å². The molecule has 0 aliphatic heterocycles.